The highest BCUT2D eigenvalue weighted by molar-refractivity contribution is 6.30. The molecule has 2 atom stereocenters. The van der Waals surface area contributed by atoms with Crippen LogP contribution in [0.4, 0.5) is 10.2 Å². The summed E-state index contributed by atoms with van der Waals surface area (Å²) in [5.41, 5.74) is 14.8. The van der Waals surface area contributed by atoms with Gasteiger partial charge in [-0.3, -0.25) is 5.32 Å². The Bertz CT molecular complexity index is 1110. The zero-order valence-corrected chi connectivity index (χ0v) is 19.1. The predicted octanol–water partition coefficient (Wildman–Crippen LogP) is 4.85. The van der Waals surface area contributed by atoms with Crippen molar-refractivity contribution in [2.75, 3.05) is 12.3 Å². The molecule has 0 spiro atoms. The van der Waals surface area contributed by atoms with Gasteiger partial charge in [-0.2, -0.15) is 0 Å². The first-order valence-corrected chi connectivity index (χ1v) is 11.7. The van der Waals surface area contributed by atoms with Gasteiger partial charge in [0.05, 0.1) is 11.9 Å². The second kappa shape index (κ2) is 10.6. The summed E-state index contributed by atoms with van der Waals surface area (Å²) < 4.78 is 15.1. The van der Waals surface area contributed by atoms with E-state index in [1.165, 1.54) is 31.4 Å². The topological polar surface area (TPSA) is 110 Å². The van der Waals surface area contributed by atoms with Crippen LogP contribution in [0.5, 0.6) is 0 Å². The lowest BCUT2D eigenvalue weighted by atomic mass is 9.87. The van der Waals surface area contributed by atoms with Gasteiger partial charge >= 0.3 is 0 Å². The van der Waals surface area contributed by atoms with Crippen molar-refractivity contribution < 1.29 is 9.50 Å². The van der Waals surface area contributed by atoms with E-state index in [0.29, 0.717) is 22.2 Å². The third-order valence-corrected chi connectivity index (χ3v) is 6.49. The van der Waals surface area contributed by atoms with E-state index in [0.717, 1.165) is 24.1 Å². The van der Waals surface area contributed by atoms with Crippen molar-refractivity contribution in [3.63, 3.8) is 0 Å². The van der Waals surface area contributed by atoms with Gasteiger partial charge in [-0.25, -0.2) is 14.4 Å². The van der Waals surface area contributed by atoms with Crippen LogP contribution in [0, 0.1) is 5.82 Å². The van der Waals surface area contributed by atoms with Crippen LogP contribution in [0.2, 0.25) is 5.02 Å². The molecular weight excluding hydrogens is 441 g/mol. The van der Waals surface area contributed by atoms with Gasteiger partial charge < -0.3 is 16.6 Å². The van der Waals surface area contributed by atoms with Gasteiger partial charge in [-0.15, -0.1) is 0 Å². The molecule has 2 aromatic carbocycles. The molecule has 4 rings (SSSR count). The summed E-state index contributed by atoms with van der Waals surface area (Å²) in [5, 5.41) is 14.2. The Morgan fingerprint density at radius 1 is 1.15 bits per heavy atom. The van der Waals surface area contributed by atoms with Crippen LogP contribution in [-0.2, 0) is 0 Å². The minimum absolute atomic E-state index is 0.106. The quantitative estimate of drug-likeness (QED) is 0.368. The van der Waals surface area contributed by atoms with E-state index in [1.807, 2.05) is 6.07 Å². The fraction of sp³-hybridized carbons (Fsp3) is 0.360. The van der Waals surface area contributed by atoms with Crippen LogP contribution in [0.3, 0.4) is 0 Å². The first-order chi connectivity index (χ1) is 16.0. The van der Waals surface area contributed by atoms with E-state index in [2.05, 4.69) is 10.3 Å². The zero-order valence-electron chi connectivity index (χ0n) is 18.3. The van der Waals surface area contributed by atoms with E-state index in [-0.39, 0.29) is 17.9 Å². The summed E-state index contributed by atoms with van der Waals surface area (Å²) >= 11 is 6.06. The molecule has 1 aromatic heterocycles. The number of hydrogen-bond acceptors (Lipinski definition) is 6. The highest BCUT2D eigenvalue weighted by Crippen LogP contribution is 2.34. The maximum Gasteiger partial charge on any atom is 0.150 e. The van der Waals surface area contributed by atoms with Gasteiger partial charge in [-0.1, -0.05) is 55.1 Å². The molecule has 8 heteroatoms. The Hall–Kier alpha value is -2.58. The summed E-state index contributed by atoms with van der Waals surface area (Å²) in [6, 6.07) is 11.3. The molecule has 1 unspecified atom stereocenters. The summed E-state index contributed by atoms with van der Waals surface area (Å²) in [6.45, 7) is 0.206. The minimum atomic E-state index is -1.26. The third kappa shape index (κ3) is 5.50. The second-order valence-electron chi connectivity index (χ2n) is 8.51. The van der Waals surface area contributed by atoms with Gasteiger partial charge in [0.25, 0.3) is 0 Å². The van der Waals surface area contributed by atoms with E-state index < -0.39 is 18.1 Å². The first kappa shape index (κ1) is 23.6. The Morgan fingerprint density at radius 3 is 2.64 bits per heavy atom. The summed E-state index contributed by atoms with van der Waals surface area (Å²) in [4.78, 5) is 9.05. The number of hydrogen-bond donors (Lipinski definition) is 4. The number of anilines is 1. The van der Waals surface area contributed by atoms with E-state index in [4.69, 9.17) is 28.1 Å². The van der Waals surface area contributed by atoms with Crippen molar-refractivity contribution in [1.29, 1.82) is 0 Å². The lowest BCUT2D eigenvalue weighted by Gasteiger charge is -2.23. The number of nitrogens with one attached hydrogen (secondary N) is 1. The average Bonchev–Trinajstić information content (AvgIpc) is 2.83. The van der Waals surface area contributed by atoms with Crippen LogP contribution < -0.4 is 16.8 Å². The van der Waals surface area contributed by atoms with E-state index >= 15 is 4.39 Å². The maximum absolute atomic E-state index is 15.1. The average molecular weight is 470 g/mol. The Balaban J connectivity index is 1.55. The van der Waals surface area contributed by atoms with Crippen molar-refractivity contribution in [3.05, 3.63) is 76.3 Å². The number of halogens is 2. The van der Waals surface area contributed by atoms with E-state index in [9.17, 15) is 5.11 Å². The van der Waals surface area contributed by atoms with Crippen molar-refractivity contribution in [1.82, 2.24) is 15.3 Å². The molecular formula is C25H29ClFN5O. The second-order valence-corrected chi connectivity index (χ2v) is 8.95. The van der Waals surface area contributed by atoms with Crippen molar-refractivity contribution in [3.8, 4) is 11.3 Å². The van der Waals surface area contributed by atoms with Gasteiger partial charge in [-0.05, 0) is 36.6 Å². The van der Waals surface area contributed by atoms with Crippen LogP contribution in [0.1, 0.15) is 67.1 Å². The normalized spacial score (nSPS) is 16.5. The molecule has 1 fully saturated rings. The highest BCUT2D eigenvalue weighted by atomic mass is 35.5. The monoisotopic (exact) mass is 469 g/mol. The molecule has 1 saturated carbocycles. The molecule has 0 saturated heterocycles. The number of nitrogens with zero attached hydrogens (tertiary/aromatic N) is 2. The number of benzene rings is 2. The molecule has 6 N–H and O–H groups in total. The Morgan fingerprint density at radius 2 is 1.94 bits per heavy atom. The number of rotatable bonds is 7. The molecule has 33 heavy (non-hydrogen) atoms. The third-order valence-electron chi connectivity index (χ3n) is 6.26. The zero-order chi connectivity index (χ0) is 23.4. The first-order valence-electron chi connectivity index (χ1n) is 11.3. The fourth-order valence-corrected chi connectivity index (χ4v) is 4.62. The number of nitrogen functional groups attached to an aromatic ring is 1. The molecule has 0 amide bonds. The number of aliphatic hydroxyl groups is 1. The maximum atomic E-state index is 15.1. The number of aliphatic hydroxyl groups excluding tert-OH is 1. The molecule has 0 aliphatic heterocycles. The summed E-state index contributed by atoms with van der Waals surface area (Å²) in [7, 11) is 0. The highest BCUT2D eigenvalue weighted by Gasteiger charge is 2.21. The van der Waals surface area contributed by atoms with Crippen molar-refractivity contribution >= 4 is 17.4 Å². The number of nitrogens with two attached hydrogens (primary N) is 2. The SMILES string of the molecule is NC[C@@H](NC(O)c1ccc(-c2nc(C3CCCCC3)cnc2N)cc1F)c1cccc(Cl)c1. The van der Waals surface area contributed by atoms with Gasteiger partial charge in [0.2, 0.25) is 0 Å². The predicted molar refractivity (Wildman–Crippen MR) is 129 cm³/mol. The Labute approximate surface area is 198 Å². The smallest absolute Gasteiger partial charge is 0.150 e. The summed E-state index contributed by atoms with van der Waals surface area (Å²) in [5.74, 6) is 0.0450. The molecule has 0 radical (unpaired) electrons. The van der Waals surface area contributed by atoms with Gasteiger partial charge in [0, 0.05) is 34.7 Å². The molecule has 6 nitrogen and oxygen atoms in total. The van der Waals surface area contributed by atoms with Crippen LogP contribution in [0.25, 0.3) is 11.3 Å². The molecule has 1 heterocycles. The molecule has 3 aromatic rings. The molecule has 174 valence electrons. The lowest BCUT2D eigenvalue weighted by Crippen LogP contribution is -2.32. The van der Waals surface area contributed by atoms with Crippen LogP contribution in [-0.4, -0.2) is 21.6 Å². The minimum Gasteiger partial charge on any atom is -0.382 e. The van der Waals surface area contributed by atoms with Crippen molar-refractivity contribution in [2.45, 2.75) is 50.3 Å². The molecule has 1 aliphatic carbocycles. The lowest BCUT2D eigenvalue weighted by molar-refractivity contribution is 0.120. The van der Waals surface area contributed by atoms with Gasteiger partial charge in [0.1, 0.15) is 23.6 Å². The molecule has 0 bridgehead atoms. The summed E-state index contributed by atoms with van der Waals surface area (Å²) in [6.07, 6.45) is 6.24. The van der Waals surface area contributed by atoms with E-state index in [1.54, 1.807) is 30.5 Å². The standard InChI is InChI=1S/C25H29ClFN5O/c26-18-8-4-7-16(11-18)21(13-28)32-25(33)19-10-9-17(12-20(19)27)23-24(29)30-14-22(31-23)15-5-2-1-3-6-15/h4,7-12,14-15,21,25,32-33H,1-3,5-6,13,28H2,(H2,29,30)/t21-,25?/m1/s1. The van der Waals surface area contributed by atoms with Crippen LogP contribution in [0.15, 0.2) is 48.7 Å². The van der Waals surface area contributed by atoms with Crippen molar-refractivity contribution in [2.24, 2.45) is 5.73 Å². The fourth-order valence-electron chi connectivity index (χ4n) is 4.42. The van der Waals surface area contributed by atoms with Crippen LogP contribution >= 0.6 is 11.6 Å². The number of aromatic nitrogens is 2. The Kier molecular flexibility index (Phi) is 7.55. The molecule has 1 aliphatic rings. The largest absolute Gasteiger partial charge is 0.382 e. The van der Waals surface area contributed by atoms with Gasteiger partial charge in [0.15, 0.2) is 0 Å².